The lowest BCUT2D eigenvalue weighted by atomic mass is 10.1. The molecule has 0 aromatic heterocycles. The third-order valence-electron chi connectivity index (χ3n) is 1.99. The second-order valence-electron chi connectivity index (χ2n) is 3.30. The Morgan fingerprint density at radius 2 is 2.25 bits per heavy atom. The van der Waals surface area contributed by atoms with Crippen LogP contribution in [0.2, 0.25) is 0 Å². The first-order valence-corrected chi connectivity index (χ1v) is 6.23. The summed E-state index contributed by atoms with van der Waals surface area (Å²) in [4.78, 5) is 11.4. The van der Waals surface area contributed by atoms with Crippen LogP contribution in [0, 0.1) is 5.82 Å². The Kier molecular flexibility index (Phi) is 5.77. The molecule has 5 heteroatoms. The summed E-state index contributed by atoms with van der Waals surface area (Å²) in [6.45, 7) is 0.526. The highest BCUT2D eigenvalue weighted by molar-refractivity contribution is 9.10. The van der Waals surface area contributed by atoms with E-state index < -0.39 is 0 Å². The van der Waals surface area contributed by atoms with Crippen molar-refractivity contribution < 1.29 is 9.18 Å². The highest BCUT2D eigenvalue weighted by atomic mass is 79.9. The Morgan fingerprint density at radius 3 is 2.94 bits per heavy atom. The third-order valence-corrected chi connectivity index (χ3v) is 2.75. The minimum absolute atomic E-state index is 0.0492. The summed E-state index contributed by atoms with van der Waals surface area (Å²) in [6.07, 6.45) is 0.766. The summed E-state index contributed by atoms with van der Waals surface area (Å²) >= 11 is 8.71. The highest BCUT2D eigenvalue weighted by Crippen LogP contribution is 2.15. The maximum atomic E-state index is 13.3. The van der Waals surface area contributed by atoms with Crippen molar-refractivity contribution in [2.75, 3.05) is 12.4 Å². The van der Waals surface area contributed by atoms with Crippen LogP contribution >= 0.6 is 27.5 Å². The molecule has 0 heterocycles. The number of amides is 1. The number of alkyl halides is 1. The van der Waals surface area contributed by atoms with Crippen molar-refractivity contribution in [3.05, 3.63) is 34.1 Å². The van der Waals surface area contributed by atoms with Gasteiger partial charge in [0.05, 0.1) is 6.42 Å². The predicted octanol–water partition coefficient (Wildman–Crippen LogP) is 2.88. The number of halogens is 3. The van der Waals surface area contributed by atoms with E-state index in [1.165, 1.54) is 6.07 Å². The molecule has 16 heavy (non-hydrogen) atoms. The van der Waals surface area contributed by atoms with Crippen LogP contribution < -0.4 is 5.32 Å². The zero-order chi connectivity index (χ0) is 12.0. The van der Waals surface area contributed by atoms with Gasteiger partial charge in [0, 0.05) is 16.9 Å². The van der Waals surface area contributed by atoms with Crippen molar-refractivity contribution in [2.24, 2.45) is 0 Å². The predicted molar refractivity (Wildman–Crippen MR) is 66.2 cm³/mol. The summed E-state index contributed by atoms with van der Waals surface area (Å²) in [5.74, 6) is -0.0521. The van der Waals surface area contributed by atoms with Crippen LogP contribution in [0.4, 0.5) is 4.39 Å². The minimum atomic E-state index is -0.365. The quantitative estimate of drug-likeness (QED) is 0.658. The summed E-state index contributed by atoms with van der Waals surface area (Å²) in [6, 6.07) is 4.55. The first-order valence-electron chi connectivity index (χ1n) is 4.90. The molecule has 1 rings (SSSR count). The van der Waals surface area contributed by atoms with Gasteiger partial charge in [-0.25, -0.2) is 4.39 Å². The molecular formula is C11H12BrClFNO. The number of rotatable bonds is 5. The van der Waals surface area contributed by atoms with E-state index in [9.17, 15) is 9.18 Å². The van der Waals surface area contributed by atoms with E-state index >= 15 is 0 Å². The standard InChI is InChI=1S/C11H12BrClFNO/c12-9-2-3-10(14)8(6-9)7-11(16)15-5-1-4-13/h2-3,6H,1,4-5,7H2,(H,15,16). The zero-order valence-corrected chi connectivity index (χ0v) is 10.9. The van der Waals surface area contributed by atoms with Gasteiger partial charge in [0.1, 0.15) is 5.82 Å². The van der Waals surface area contributed by atoms with Gasteiger partial charge in [-0.3, -0.25) is 4.79 Å². The van der Waals surface area contributed by atoms with E-state index in [0.717, 1.165) is 4.47 Å². The maximum absolute atomic E-state index is 13.3. The maximum Gasteiger partial charge on any atom is 0.224 e. The van der Waals surface area contributed by atoms with Gasteiger partial charge >= 0.3 is 0 Å². The first kappa shape index (κ1) is 13.5. The van der Waals surface area contributed by atoms with Gasteiger partial charge in [-0.15, -0.1) is 11.6 Å². The molecule has 1 amide bonds. The van der Waals surface area contributed by atoms with Gasteiger partial charge < -0.3 is 5.32 Å². The van der Waals surface area contributed by atoms with Crippen LogP contribution in [0.5, 0.6) is 0 Å². The largest absolute Gasteiger partial charge is 0.356 e. The van der Waals surface area contributed by atoms with E-state index in [1.807, 2.05) is 0 Å². The summed E-state index contributed by atoms with van der Waals surface area (Å²) in [5, 5.41) is 2.67. The lowest BCUT2D eigenvalue weighted by Crippen LogP contribution is -2.26. The molecule has 88 valence electrons. The Morgan fingerprint density at radius 1 is 1.50 bits per heavy atom. The van der Waals surface area contributed by atoms with Gasteiger partial charge in [0.25, 0.3) is 0 Å². The van der Waals surface area contributed by atoms with Gasteiger partial charge in [0.15, 0.2) is 0 Å². The number of nitrogens with one attached hydrogen (secondary N) is 1. The number of carbonyl (C=O) groups excluding carboxylic acids is 1. The summed E-state index contributed by atoms with van der Waals surface area (Å²) in [5.41, 5.74) is 0.387. The van der Waals surface area contributed by atoms with E-state index in [0.29, 0.717) is 24.4 Å². The van der Waals surface area contributed by atoms with E-state index in [4.69, 9.17) is 11.6 Å². The van der Waals surface area contributed by atoms with E-state index in [-0.39, 0.29) is 18.1 Å². The van der Waals surface area contributed by atoms with Crippen LogP contribution in [-0.4, -0.2) is 18.3 Å². The molecule has 0 atom stereocenters. The molecule has 0 saturated carbocycles. The van der Waals surface area contributed by atoms with Crippen LogP contribution in [0.25, 0.3) is 0 Å². The molecule has 1 N–H and O–H groups in total. The van der Waals surface area contributed by atoms with Crippen LogP contribution in [0.1, 0.15) is 12.0 Å². The van der Waals surface area contributed by atoms with E-state index in [2.05, 4.69) is 21.2 Å². The van der Waals surface area contributed by atoms with Crippen molar-refractivity contribution in [3.63, 3.8) is 0 Å². The zero-order valence-electron chi connectivity index (χ0n) is 8.60. The fourth-order valence-corrected chi connectivity index (χ4v) is 1.75. The Labute approximate surface area is 107 Å². The number of benzene rings is 1. The molecule has 0 fully saturated rings. The number of hydrogen-bond donors (Lipinski definition) is 1. The fraction of sp³-hybridized carbons (Fsp3) is 0.364. The summed E-state index contributed by atoms with van der Waals surface area (Å²) in [7, 11) is 0. The molecule has 1 aromatic carbocycles. The fourth-order valence-electron chi connectivity index (χ4n) is 1.21. The molecule has 1 aromatic rings. The van der Waals surface area contributed by atoms with Gasteiger partial charge in [0.2, 0.25) is 5.91 Å². The summed E-state index contributed by atoms with van der Waals surface area (Å²) < 4.78 is 14.1. The van der Waals surface area contributed by atoms with Crippen molar-refractivity contribution in [2.45, 2.75) is 12.8 Å². The van der Waals surface area contributed by atoms with Gasteiger partial charge in [-0.2, -0.15) is 0 Å². The molecule has 0 spiro atoms. The number of hydrogen-bond acceptors (Lipinski definition) is 1. The third kappa shape index (κ3) is 4.49. The first-order chi connectivity index (χ1) is 7.63. The van der Waals surface area contributed by atoms with Crippen LogP contribution in [0.15, 0.2) is 22.7 Å². The second kappa shape index (κ2) is 6.86. The average Bonchev–Trinajstić information content (AvgIpc) is 2.24. The molecule has 0 aliphatic carbocycles. The van der Waals surface area contributed by atoms with Crippen molar-refractivity contribution in [1.82, 2.24) is 5.32 Å². The molecule has 2 nitrogen and oxygen atoms in total. The molecule has 0 radical (unpaired) electrons. The van der Waals surface area contributed by atoms with Crippen molar-refractivity contribution >= 4 is 33.4 Å². The smallest absolute Gasteiger partial charge is 0.224 e. The van der Waals surface area contributed by atoms with Gasteiger partial charge in [-0.05, 0) is 30.2 Å². The second-order valence-corrected chi connectivity index (χ2v) is 4.60. The monoisotopic (exact) mass is 307 g/mol. The number of carbonyl (C=O) groups is 1. The van der Waals surface area contributed by atoms with Crippen molar-refractivity contribution in [3.8, 4) is 0 Å². The van der Waals surface area contributed by atoms with Crippen LogP contribution in [-0.2, 0) is 11.2 Å². The SMILES string of the molecule is O=C(Cc1cc(Br)ccc1F)NCCCCl. The normalized spacial score (nSPS) is 10.2. The Bertz CT molecular complexity index is 373. The van der Waals surface area contributed by atoms with Crippen molar-refractivity contribution in [1.29, 1.82) is 0 Å². The molecular weight excluding hydrogens is 296 g/mol. The lowest BCUT2D eigenvalue weighted by molar-refractivity contribution is -0.120. The lowest BCUT2D eigenvalue weighted by Gasteiger charge is -2.05. The highest BCUT2D eigenvalue weighted by Gasteiger charge is 2.08. The molecule has 0 aliphatic heterocycles. The molecule has 0 aliphatic rings. The Hall–Kier alpha value is -0.610. The average molecular weight is 309 g/mol. The minimum Gasteiger partial charge on any atom is -0.356 e. The Balaban J connectivity index is 2.52. The molecule has 0 unspecified atom stereocenters. The topological polar surface area (TPSA) is 29.1 Å². The molecule has 0 bridgehead atoms. The van der Waals surface area contributed by atoms with E-state index in [1.54, 1.807) is 12.1 Å². The van der Waals surface area contributed by atoms with Crippen LogP contribution in [0.3, 0.4) is 0 Å². The molecule has 0 saturated heterocycles. The van der Waals surface area contributed by atoms with Gasteiger partial charge in [-0.1, -0.05) is 15.9 Å².